The van der Waals surface area contributed by atoms with Crippen LogP contribution in [-0.4, -0.2) is 48.7 Å². The maximum atomic E-state index is 9.14. The van der Waals surface area contributed by atoms with Crippen LogP contribution >= 0.6 is 0 Å². The van der Waals surface area contributed by atoms with Crippen molar-refractivity contribution in [2.75, 3.05) is 26.9 Å². The first kappa shape index (κ1) is 11.9. The van der Waals surface area contributed by atoms with E-state index in [1.165, 1.54) is 12.8 Å². The lowest BCUT2D eigenvalue weighted by atomic mass is 10.0. The van der Waals surface area contributed by atoms with Crippen LogP contribution in [0, 0.1) is 5.92 Å². The Bertz CT molecular complexity index is 167. The fourth-order valence-corrected chi connectivity index (χ4v) is 1.56. The number of hydrogen-bond donors (Lipinski definition) is 3. The Labute approximate surface area is 85.3 Å². The first-order valence-corrected chi connectivity index (χ1v) is 5.13. The lowest BCUT2D eigenvalue weighted by Gasteiger charge is -2.31. The SMILES string of the molecule is COCC(NC(C)(CO)CO)C1CC1. The summed E-state index contributed by atoms with van der Waals surface area (Å²) in [6.45, 7) is 2.34. The maximum Gasteiger partial charge on any atom is 0.0633 e. The van der Waals surface area contributed by atoms with E-state index in [-0.39, 0.29) is 19.3 Å². The van der Waals surface area contributed by atoms with Gasteiger partial charge in [-0.15, -0.1) is 0 Å². The highest BCUT2D eigenvalue weighted by atomic mass is 16.5. The van der Waals surface area contributed by atoms with E-state index in [4.69, 9.17) is 14.9 Å². The Morgan fingerprint density at radius 2 is 2.00 bits per heavy atom. The number of aliphatic hydroxyl groups excluding tert-OH is 2. The molecular weight excluding hydrogens is 182 g/mol. The van der Waals surface area contributed by atoms with Crippen LogP contribution < -0.4 is 5.32 Å². The fraction of sp³-hybridized carbons (Fsp3) is 1.00. The van der Waals surface area contributed by atoms with Crippen LogP contribution in [0.15, 0.2) is 0 Å². The molecule has 0 spiro atoms. The molecule has 0 aliphatic heterocycles. The number of rotatable bonds is 7. The molecular formula is C10H21NO3. The summed E-state index contributed by atoms with van der Waals surface area (Å²) in [4.78, 5) is 0. The van der Waals surface area contributed by atoms with Gasteiger partial charge in [0.2, 0.25) is 0 Å². The van der Waals surface area contributed by atoms with Gasteiger partial charge in [-0.3, -0.25) is 0 Å². The van der Waals surface area contributed by atoms with Crippen molar-refractivity contribution in [3.63, 3.8) is 0 Å². The van der Waals surface area contributed by atoms with Crippen molar-refractivity contribution in [3.8, 4) is 0 Å². The van der Waals surface area contributed by atoms with Crippen molar-refractivity contribution >= 4 is 0 Å². The quantitative estimate of drug-likeness (QED) is 0.534. The van der Waals surface area contributed by atoms with Gasteiger partial charge in [-0.05, 0) is 25.7 Å². The highest BCUT2D eigenvalue weighted by molar-refractivity contribution is 4.93. The lowest BCUT2D eigenvalue weighted by molar-refractivity contribution is 0.0698. The molecule has 0 aromatic heterocycles. The molecule has 14 heavy (non-hydrogen) atoms. The van der Waals surface area contributed by atoms with Gasteiger partial charge in [-0.25, -0.2) is 0 Å². The lowest BCUT2D eigenvalue weighted by Crippen LogP contribution is -2.55. The zero-order chi connectivity index (χ0) is 10.6. The van der Waals surface area contributed by atoms with Crippen LogP contribution in [0.1, 0.15) is 19.8 Å². The highest BCUT2D eigenvalue weighted by Crippen LogP contribution is 2.33. The summed E-state index contributed by atoms with van der Waals surface area (Å²) in [7, 11) is 1.67. The molecule has 0 saturated heterocycles. The third kappa shape index (κ3) is 3.20. The average Bonchev–Trinajstić information content (AvgIpc) is 3.00. The van der Waals surface area contributed by atoms with Crippen molar-refractivity contribution in [1.82, 2.24) is 5.32 Å². The van der Waals surface area contributed by atoms with Gasteiger partial charge in [0.1, 0.15) is 0 Å². The largest absolute Gasteiger partial charge is 0.394 e. The smallest absolute Gasteiger partial charge is 0.0633 e. The van der Waals surface area contributed by atoms with Gasteiger partial charge >= 0.3 is 0 Å². The number of nitrogens with one attached hydrogen (secondary N) is 1. The van der Waals surface area contributed by atoms with E-state index >= 15 is 0 Å². The Kier molecular flexibility index (Phi) is 4.31. The van der Waals surface area contributed by atoms with E-state index in [0.29, 0.717) is 12.5 Å². The molecule has 0 heterocycles. The molecule has 0 amide bonds. The minimum atomic E-state index is -0.591. The summed E-state index contributed by atoms with van der Waals surface area (Å²) in [6.07, 6.45) is 2.43. The van der Waals surface area contributed by atoms with Crippen molar-refractivity contribution in [2.24, 2.45) is 5.92 Å². The molecule has 84 valence electrons. The van der Waals surface area contributed by atoms with Crippen molar-refractivity contribution in [2.45, 2.75) is 31.3 Å². The average molecular weight is 203 g/mol. The second-order valence-electron chi connectivity index (χ2n) is 4.42. The Morgan fingerprint density at radius 1 is 1.43 bits per heavy atom. The molecule has 1 atom stereocenters. The van der Waals surface area contributed by atoms with Gasteiger partial charge < -0.3 is 20.3 Å². The standard InChI is InChI=1S/C10H21NO3/c1-10(6-12,7-13)11-9(5-14-2)8-3-4-8/h8-9,11-13H,3-7H2,1-2H3. The molecule has 3 N–H and O–H groups in total. The minimum absolute atomic E-state index is 0.0591. The zero-order valence-electron chi connectivity index (χ0n) is 8.99. The van der Waals surface area contributed by atoms with E-state index in [1.807, 2.05) is 6.92 Å². The van der Waals surface area contributed by atoms with Crippen LogP contribution in [0.2, 0.25) is 0 Å². The zero-order valence-corrected chi connectivity index (χ0v) is 8.99. The van der Waals surface area contributed by atoms with Gasteiger partial charge in [-0.1, -0.05) is 0 Å². The molecule has 1 rings (SSSR count). The monoisotopic (exact) mass is 203 g/mol. The molecule has 4 heteroatoms. The fourth-order valence-electron chi connectivity index (χ4n) is 1.56. The topological polar surface area (TPSA) is 61.7 Å². The summed E-state index contributed by atoms with van der Waals surface area (Å²) in [6, 6.07) is 0.254. The van der Waals surface area contributed by atoms with Crippen molar-refractivity contribution in [3.05, 3.63) is 0 Å². The molecule has 1 aliphatic rings. The van der Waals surface area contributed by atoms with Crippen LogP contribution in [0.25, 0.3) is 0 Å². The first-order chi connectivity index (χ1) is 6.65. The summed E-state index contributed by atoms with van der Waals surface area (Å²) >= 11 is 0. The summed E-state index contributed by atoms with van der Waals surface area (Å²) in [5.74, 6) is 0.646. The Balaban J connectivity index is 2.43. The molecule has 0 radical (unpaired) electrons. The van der Waals surface area contributed by atoms with Gasteiger partial charge in [0.25, 0.3) is 0 Å². The Hall–Kier alpha value is -0.160. The van der Waals surface area contributed by atoms with Crippen LogP contribution in [-0.2, 0) is 4.74 Å². The van der Waals surface area contributed by atoms with Crippen molar-refractivity contribution < 1.29 is 14.9 Å². The van der Waals surface area contributed by atoms with Gasteiger partial charge in [0, 0.05) is 13.2 Å². The maximum absolute atomic E-state index is 9.14. The predicted molar refractivity (Wildman–Crippen MR) is 54.1 cm³/mol. The number of hydrogen-bond acceptors (Lipinski definition) is 4. The second-order valence-corrected chi connectivity index (χ2v) is 4.42. The molecule has 1 aliphatic carbocycles. The summed E-state index contributed by atoms with van der Waals surface area (Å²) in [5.41, 5.74) is -0.591. The molecule has 1 saturated carbocycles. The molecule has 1 fully saturated rings. The first-order valence-electron chi connectivity index (χ1n) is 5.13. The Morgan fingerprint density at radius 3 is 2.36 bits per heavy atom. The highest BCUT2D eigenvalue weighted by Gasteiger charge is 2.35. The normalized spacial score (nSPS) is 19.7. The minimum Gasteiger partial charge on any atom is -0.394 e. The molecule has 0 aromatic carbocycles. The van der Waals surface area contributed by atoms with E-state index in [2.05, 4.69) is 5.32 Å². The van der Waals surface area contributed by atoms with Crippen LogP contribution in [0.5, 0.6) is 0 Å². The predicted octanol–water partition coefficient (Wildman–Crippen LogP) is -0.256. The third-order valence-corrected chi connectivity index (χ3v) is 2.77. The van der Waals surface area contributed by atoms with Gasteiger partial charge in [-0.2, -0.15) is 0 Å². The van der Waals surface area contributed by atoms with E-state index < -0.39 is 5.54 Å². The van der Waals surface area contributed by atoms with Gasteiger partial charge in [0.05, 0.1) is 25.4 Å². The van der Waals surface area contributed by atoms with E-state index in [9.17, 15) is 0 Å². The second kappa shape index (κ2) is 5.07. The molecule has 0 bridgehead atoms. The van der Waals surface area contributed by atoms with Crippen LogP contribution in [0.4, 0.5) is 0 Å². The number of ether oxygens (including phenoxy) is 1. The molecule has 0 aromatic rings. The number of aliphatic hydroxyl groups is 2. The van der Waals surface area contributed by atoms with E-state index in [0.717, 1.165) is 0 Å². The summed E-state index contributed by atoms with van der Waals surface area (Å²) in [5, 5.41) is 21.6. The van der Waals surface area contributed by atoms with E-state index in [1.54, 1.807) is 7.11 Å². The van der Waals surface area contributed by atoms with Gasteiger partial charge in [0.15, 0.2) is 0 Å². The van der Waals surface area contributed by atoms with Crippen molar-refractivity contribution in [1.29, 1.82) is 0 Å². The number of methoxy groups -OCH3 is 1. The molecule has 1 unspecified atom stereocenters. The third-order valence-electron chi connectivity index (χ3n) is 2.77. The van der Waals surface area contributed by atoms with Crippen LogP contribution in [0.3, 0.4) is 0 Å². The summed E-state index contributed by atoms with van der Waals surface area (Å²) < 4.78 is 5.11. The molecule has 4 nitrogen and oxygen atoms in total.